The summed E-state index contributed by atoms with van der Waals surface area (Å²) in [5.41, 5.74) is 0. The Kier molecular flexibility index (Phi) is 4.50. The number of amides is 1. The van der Waals surface area contributed by atoms with Gasteiger partial charge in [-0.15, -0.1) is 0 Å². The molecule has 1 aliphatic carbocycles. The Bertz CT molecular complexity index is 474. The Morgan fingerprint density at radius 1 is 1.10 bits per heavy atom. The van der Waals surface area contributed by atoms with Crippen molar-refractivity contribution in [2.24, 2.45) is 17.8 Å². The third kappa shape index (κ3) is 2.59. The molecule has 0 saturated carbocycles. The number of carbonyl (C=O) groups is 3. The fourth-order valence-corrected chi connectivity index (χ4v) is 3.08. The van der Waals surface area contributed by atoms with Crippen molar-refractivity contribution in [3.8, 4) is 0 Å². The molecule has 1 saturated heterocycles. The Balaban J connectivity index is 2.32. The molecule has 116 valence electrons. The third-order valence-electron chi connectivity index (χ3n) is 3.99. The van der Waals surface area contributed by atoms with Gasteiger partial charge < -0.3 is 19.1 Å². The van der Waals surface area contributed by atoms with Gasteiger partial charge in [0.05, 0.1) is 38.7 Å². The first-order valence-electron chi connectivity index (χ1n) is 6.82. The highest BCUT2D eigenvalue weighted by molar-refractivity contribution is 5.85. The van der Waals surface area contributed by atoms with Gasteiger partial charge in [-0.05, 0) is 6.92 Å². The van der Waals surface area contributed by atoms with E-state index in [0.717, 1.165) is 0 Å². The summed E-state index contributed by atoms with van der Waals surface area (Å²) in [6.45, 7) is 2.29. The monoisotopic (exact) mass is 297 g/mol. The van der Waals surface area contributed by atoms with Crippen LogP contribution in [0.4, 0.5) is 4.79 Å². The van der Waals surface area contributed by atoms with Crippen LogP contribution in [0.15, 0.2) is 12.2 Å². The lowest BCUT2D eigenvalue weighted by Crippen LogP contribution is -2.61. The van der Waals surface area contributed by atoms with Gasteiger partial charge in [-0.1, -0.05) is 12.2 Å². The van der Waals surface area contributed by atoms with Crippen LogP contribution in [0.1, 0.15) is 6.92 Å². The van der Waals surface area contributed by atoms with E-state index in [2.05, 4.69) is 0 Å². The molecule has 0 N–H and O–H groups in total. The van der Waals surface area contributed by atoms with Gasteiger partial charge in [-0.3, -0.25) is 9.59 Å². The lowest BCUT2D eigenvalue weighted by molar-refractivity contribution is -0.165. The van der Waals surface area contributed by atoms with Crippen LogP contribution in [0.2, 0.25) is 0 Å². The maximum Gasteiger partial charge on any atom is 0.410 e. The van der Waals surface area contributed by atoms with Gasteiger partial charge in [0.2, 0.25) is 0 Å². The van der Waals surface area contributed by atoms with Crippen molar-refractivity contribution in [1.82, 2.24) is 4.90 Å². The maximum atomic E-state index is 12.1. The van der Waals surface area contributed by atoms with E-state index in [-0.39, 0.29) is 12.5 Å². The molecule has 2 heterocycles. The minimum absolute atomic E-state index is 0.250. The van der Waals surface area contributed by atoms with Crippen molar-refractivity contribution in [1.29, 1.82) is 0 Å². The van der Waals surface area contributed by atoms with Crippen LogP contribution in [-0.4, -0.2) is 56.3 Å². The zero-order chi connectivity index (χ0) is 15.6. The van der Waals surface area contributed by atoms with E-state index in [9.17, 15) is 14.4 Å². The van der Waals surface area contributed by atoms with Gasteiger partial charge in [0.25, 0.3) is 0 Å². The summed E-state index contributed by atoms with van der Waals surface area (Å²) in [7, 11) is 2.54. The SMILES string of the molecule is CCOC(=O)N1C[C@@H]2C=C[C@H]1[C@@H](C(=O)OC)[C@H]2C(=O)OC. The zero-order valence-corrected chi connectivity index (χ0v) is 12.3. The molecule has 0 spiro atoms. The van der Waals surface area contributed by atoms with Crippen LogP contribution >= 0.6 is 0 Å². The average molecular weight is 297 g/mol. The summed E-state index contributed by atoms with van der Waals surface area (Å²) in [5, 5.41) is 0. The van der Waals surface area contributed by atoms with E-state index < -0.39 is 35.9 Å². The number of ether oxygens (including phenoxy) is 3. The van der Waals surface area contributed by atoms with E-state index in [1.54, 1.807) is 13.0 Å². The Hall–Kier alpha value is -2.05. The van der Waals surface area contributed by atoms with Crippen molar-refractivity contribution >= 4 is 18.0 Å². The molecule has 7 nitrogen and oxygen atoms in total. The molecule has 2 aliphatic heterocycles. The fourth-order valence-electron chi connectivity index (χ4n) is 3.08. The van der Waals surface area contributed by atoms with Crippen LogP contribution < -0.4 is 0 Å². The van der Waals surface area contributed by atoms with Gasteiger partial charge in [-0.25, -0.2) is 4.79 Å². The van der Waals surface area contributed by atoms with Gasteiger partial charge >= 0.3 is 18.0 Å². The minimum atomic E-state index is -0.768. The molecule has 4 atom stereocenters. The van der Waals surface area contributed by atoms with Crippen LogP contribution in [0.5, 0.6) is 0 Å². The predicted octanol–water partition coefficient (Wildman–Crippen LogP) is 0.591. The number of rotatable bonds is 3. The molecule has 21 heavy (non-hydrogen) atoms. The maximum absolute atomic E-state index is 12.1. The van der Waals surface area contributed by atoms with E-state index in [1.807, 2.05) is 6.08 Å². The third-order valence-corrected chi connectivity index (χ3v) is 3.99. The molecule has 2 bridgehead atoms. The first-order valence-corrected chi connectivity index (χ1v) is 6.82. The Morgan fingerprint density at radius 3 is 2.29 bits per heavy atom. The van der Waals surface area contributed by atoms with Crippen molar-refractivity contribution in [2.75, 3.05) is 27.4 Å². The average Bonchev–Trinajstić information content (AvgIpc) is 2.53. The van der Waals surface area contributed by atoms with Crippen molar-refractivity contribution in [2.45, 2.75) is 13.0 Å². The normalized spacial score (nSPS) is 30.0. The summed E-state index contributed by atoms with van der Waals surface area (Å²) in [5.74, 6) is -2.68. The second-order valence-electron chi connectivity index (χ2n) is 4.99. The lowest BCUT2D eigenvalue weighted by atomic mass is 9.69. The fraction of sp³-hybridized carbons (Fsp3) is 0.643. The minimum Gasteiger partial charge on any atom is -0.469 e. The summed E-state index contributed by atoms with van der Waals surface area (Å²) >= 11 is 0. The first-order chi connectivity index (χ1) is 10.0. The molecule has 1 fully saturated rings. The predicted molar refractivity (Wildman–Crippen MR) is 71.2 cm³/mol. The number of hydrogen-bond donors (Lipinski definition) is 0. The molecule has 0 unspecified atom stereocenters. The van der Waals surface area contributed by atoms with Crippen LogP contribution in [0.3, 0.4) is 0 Å². The van der Waals surface area contributed by atoms with Gasteiger partial charge in [0, 0.05) is 12.5 Å². The summed E-state index contributed by atoms with van der Waals surface area (Å²) in [6.07, 6.45) is 3.11. The standard InChI is InChI=1S/C14H19NO6/c1-4-21-14(18)15-7-8-5-6-9(15)11(13(17)20-3)10(8)12(16)19-2/h5-6,8-11H,4,7H2,1-3H3/t8-,9-,10-,11+/m0/s1. The van der Waals surface area contributed by atoms with Gasteiger partial charge in [-0.2, -0.15) is 0 Å². The number of esters is 2. The van der Waals surface area contributed by atoms with Crippen molar-refractivity contribution < 1.29 is 28.6 Å². The van der Waals surface area contributed by atoms with Crippen LogP contribution in [-0.2, 0) is 23.8 Å². The molecule has 3 rings (SSSR count). The molecule has 7 heteroatoms. The summed E-state index contributed by atoms with van der Waals surface area (Å²) in [6, 6.07) is -0.550. The zero-order valence-electron chi connectivity index (χ0n) is 12.3. The number of methoxy groups -OCH3 is 2. The molecule has 1 amide bonds. The van der Waals surface area contributed by atoms with Crippen LogP contribution in [0.25, 0.3) is 0 Å². The smallest absolute Gasteiger partial charge is 0.410 e. The highest BCUT2D eigenvalue weighted by atomic mass is 16.6. The number of carbonyl (C=O) groups excluding carboxylic acids is 3. The van der Waals surface area contributed by atoms with E-state index >= 15 is 0 Å². The second-order valence-corrected chi connectivity index (χ2v) is 4.99. The number of fused-ring (bicyclic) bond motifs is 2. The van der Waals surface area contributed by atoms with Gasteiger partial charge in [0.15, 0.2) is 0 Å². The van der Waals surface area contributed by atoms with E-state index in [4.69, 9.17) is 14.2 Å². The van der Waals surface area contributed by atoms with Crippen molar-refractivity contribution in [3.63, 3.8) is 0 Å². The quantitative estimate of drug-likeness (QED) is 0.431. The Labute approximate surface area is 122 Å². The largest absolute Gasteiger partial charge is 0.469 e. The molecular formula is C14H19NO6. The van der Waals surface area contributed by atoms with Gasteiger partial charge in [0.1, 0.15) is 0 Å². The van der Waals surface area contributed by atoms with E-state index in [0.29, 0.717) is 6.54 Å². The highest BCUT2D eigenvalue weighted by Crippen LogP contribution is 2.40. The second kappa shape index (κ2) is 6.15. The highest BCUT2D eigenvalue weighted by Gasteiger charge is 2.54. The molecule has 0 aromatic carbocycles. The van der Waals surface area contributed by atoms with E-state index in [1.165, 1.54) is 19.1 Å². The molecule has 0 radical (unpaired) electrons. The Morgan fingerprint density at radius 2 is 1.71 bits per heavy atom. The molecule has 0 aromatic heterocycles. The lowest BCUT2D eigenvalue weighted by Gasteiger charge is -2.47. The molecule has 0 aromatic rings. The van der Waals surface area contributed by atoms with Crippen LogP contribution in [0, 0.1) is 17.8 Å². The number of nitrogens with zero attached hydrogens (tertiary/aromatic N) is 1. The van der Waals surface area contributed by atoms with Crippen molar-refractivity contribution in [3.05, 3.63) is 12.2 Å². The molecule has 3 aliphatic rings. The summed E-state index contributed by atoms with van der Waals surface area (Å²) in [4.78, 5) is 37.5. The first kappa shape index (κ1) is 15.3. The summed E-state index contributed by atoms with van der Waals surface area (Å²) < 4.78 is 14.6. The topological polar surface area (TPSA) is 82.1 Å². The molecular weight excluding hydrogens is 278 g/mol. The number of hydrogen-bond acceptors (Lipinski definition) is 6. The number of piperidine rings is 1.